The van der Waals surface area contributed by atoms with Crippen molar-refractivity contribution in [2.45, 2.75) is 44.9 Å². The highest BCUT2D eigenvalue weighted by atomic mass is 32.1. The van der Waals surface area contributed by atoms with E-state index in [2.05, 4.69) is 14.9 Å². The normalized spacial score (nSPS) is 18.6. The number of carbonyl (C=O) groups is 2. The molecular formula is C27H27N5O6S. The maximum atomic E-state index is 12.7. The highest BCUT2D eigenvalue weighted by Gasteiger charge is 2.49. The molecule has 3 aliphatic rings. The van der Waals surface area contributed by atoms with Crippen molar-refractivity contribution in [3.8, 4) is 22.2 Å². The highest BCUT2D eigenvalue weighted by Crippen LogP contribution is 2.40. The van der Waals surface area contributed by atoms with Gasteiger partial charge in [-0.1, -0.05) is 0 Å². The largest absolute Gasteiger partial charge is 0.465 e. The Morgan fingerprint density at radius 1 is 1.13 bits per heavy atom. The van der Waals surface area contributed by atoms with Gasteiger partial charge in [-0.25, -0.2) is 19.6 Å². The molecular weight excluding hydrogens is 522 g/mol. The molecule has 2 unspecified atom stereocenters. The fourth-order valence-corrected chi connectivity index (χ4v) is 5.53. The van der Waals surface area contributed by atoms with E-state index in [1.165, 1.54) is 24.6 Å². The average molecular weight is 550 g/mol. The topological polar surface area (TPSA) is 120 Å². The minimum Gasteiger partial charge on any atom is -0.465 e. The zero-order chi connectivity index (χ0) is 27.3. The third kappa shape index (κ3) is 4.87. The molecule has 202 valence electrons. The number of oxazole rings is 1. The van der Waals surface area contributed by atoms with Crippen LogP contribution in [0.5, 0.6) is 11.6 Å². The molecule has 0 aliphatic carbocycles. The second kappa shape index (κ2) is 9.53. The first-order valence-electron chi connectivity index (χ1n) is 12.5. The van der Waals surface area contributed by atoms with Crippen LogP contribution in [0.3, 0.4) is 0 Å². The quantitative estimate of drug-likeness (QED) is 0.310. The number of hydrogen-bond donors (Lipinski definition) is 0. The summed E-state index contributed by atoms with van der Waals surface area (Å²) in [6.07, 6.45) is 3.78. The van der Waals surface area contributed by atoms with E-state index in [0.29, 0.717) is 47.4 Å². The van der Waals surface area contributed by atoms with Crippen LogP contribution in [0.4, 0.5) is 10.8 Å². The average Bonchev–Trinajstić information content (AvgIpc) is 3.58. The Labute approximate surface area is 228 Å². The lowest BCUT2D eigenvalue weighted by atomic mass is 9.88. The molecule has 11 nitrogen and oxygen atoms in total. The Bertz CT molecular complexity index is 1520. The summed E-state index contributed by atoms with van der Waals surface area (Å²) < 4.78 is 22.6. The molecule has 0 N–H and O–H groups in total. The number of amides is 1. The van der Waals surface area contributed by atoms with Gasteiger partial charge in [0.05, 0.1) is 30.3 Å². The summed E-state index contributed by atoms with van der Waals surface area (Å²) in [5.41, 5.74) is 1.76. The number of hydrogen-bond acceptors (Lipinski definition) is 11. The molecule has 2 atom stereocenters. The summed E-state index contributed by atoms with van der Waals surface area (Å²) in [4.78, 5) is 41.7. The molecule has 1 amide bonds. The molecule has 0 radical (unpaired) electrons. The Kier molecular flexibility index (Phi) is 6.13. The number of anilines is 1. The number of methoxy groups -OCH3 is 1. The van der Waals surface area contributed by atoms with Gasteiger partial charge in [0.25, 0.3) is 6.01 Å². The standard InChI is InChI=1S/C27H27N5O6S/c1-27(2,3)38-26(34)32-16-9-17(32)14-31(13-16)25-30-20-11-18(10-19(22(20)37-25)23-28-7-8-39-23)36-21-6-5-15(12-29-21)24(33)35-4/h5-8,10-12,16-17H,9,13-14H2,1-4H3. The lowest BCUT2D eigenvalue weighted by Gasteiger charge is -2.55. The summed E-state index contributed by atoms with van der Waals surface area (Å²) >= 11 is 1.48. The lowest BCUT2D eigenvalue weighted by molar-refractivity contribution is -0.0386. The lowest BCUT2D eigenvalue weighted by Crippen LogP contribution is -2.70. The van der Waals surface area contributed by atoms with Gasteiger partial charge in [-0.2, -0.15) is 4.98 Å². The van der Waals surface area contributed by atoms with E-state index in [-0.39, 0.29) is 18.2 Å². The van der Waals surface area contributed by atoms with Gasteiger partial charge in [0, 0.05) is 43.0 Å². The number of ether oxygens (including phenoxy) is 3. The van der Waals surface area contributed by atoms with Gasteiger partial charge in [-0.3, -0.25) is 4.90 Å². The molecule has 6 heterocycles. The van der Waals surface area contributed by atoms with E-state index in [4.69, 9.17) is 23.6 Å². The Balaban J connectivity index is 1.27. The molecule has 0 spiro atoms. The van der Waals surface area contributed by atoms with Crippen molar-refractivity contribution >= 4 is 40.5 Å². The van der Waals surface area contributed by atoms with Crippen LogP contribution in [0, 0.1) is 0 Å². The van der Waals surface area contributed by atoms with Crippen LogP contribution in [-0.4, -0.2) is 69.8 Å². The number of benzene rings is 1. The number of nitrogens with zero attached hydrogens (tertiary/aromatic N) is 5. The zero-order valence-electron chi connectivity index (χ0n) is 21.9. The van der Waals surface area contributed by atoms with Crippen LogP contribution < -0.4 is 9.64 Å². The molecule has 3 aromatic heterocycles. The fraction of sp³-hybridized carbons (Fsp3) is 0.370. The van der Waals surface area contributed by atoms with Crippen molar-refractivity contribution in [3.05, 3.63) is 47.6 Å². The third-order valence-electron chi connectivity index (χ3n) is 6.56. The molecule has 2 bridgehead atoms. The SMILES string of the molecule is COC(=O)c1ccc(Oc2cc(-c3nccs3)c3oc(N4CC5CC(C4)N5C(=O)OC(C)(C)C)nc3c2)nc1. The number of carbonyl (C=O) groups excluding carboxylic acids is 2. The van der Waals surface area contributed by atoms with E-state index in [9.17, 15) is 9.59 Å². The van der Waals surface area contributed by atoms with Crippen molar-refractivity contribution in [2.24, 2.45) is 0 Å². The zero-order valence-corrected chi connectivity index (χ0v) is 22.7. The summed E-state index contributed by atoms with van der Waals surface area (Å²) in [5.74, 6) is 0.346. The first-order valence-corrected chi connectivity index (χ1v) is 13.4. The van der Waals surface area contributed by atoms with Crippen LogP contribution in [0.2, 0.25) is 0 Å². The summed E-state index contributed by atoms with van der Waals surface area (Å²) in [6, 6.07) is 7.39. The van der Waals surface area contributed by atoms with Crippen molar-refractivity contribution in [1.82, 2.24) is 19.9 Å². The van der Waals surface area contributed by atoms with E-state index >= 15 is 0 Å². The van der Waals surface area contributed by atoms with Crippen molar-refractivity contribution in [2.75, 3.05) is 25.1 Å². The molecule has 3 saturated heterocycles. The number of piperazine rings is 1. The van der Waals surface area contributed by atoms with Gasteiger partial charge in [0.15, 0.2) is 5.58 Å². The second-order valence-corrected chi connectivity index (χ2v) is 11.4. The minimum absolute atomic E-state index is 0.0463. The van der Waals surface area contributed by atoms with Crippen LogP contribution in [0.15, 0.2) is 46.5 Å². The Hall–Kier alpha value is -4.19. The molecule has 39 heavy (non-hydrogen) atoms. The summed E-state index contributed by atoms with van der Waals surface area (Å²) in [5, 5.41) is 2.66. The summed E-state index contributed by atoms with van der Waals surface area (Å²) in [7, 11) is 1.32. The number of aromatic nitrogens is 3. The molecule has 1 aromatic carbocycles. The van der Waals surface area contributed by atoms with Gasteiger partial charge in [-0.15, -0.1) is 11.3 Å². The van der Waals surface area contributed by atoms with Crippen LogP contribution >= 0.6 is 11.3 Å². The van der Waals surface area contributed by atoms with Gasteiger partial charge in [0.1, 0.15) is 21.9 Å². The number of thiazole rings is 1. The van der Waals surface area contributed by atoms with Crippen molar-refractivity contribution in [1.29, 1.82) is 0 Å². The van der Waals surface area contributed by atoms with E-state index in [0.717, 1.165) is 17.0 Å². The van der Waals surface area contributed by atoms with Crippen LogP contribution in [0.25, 0.3) is 21.7 Å². The predicted molar refractivity (Wildman–Crippen MR) is 143 cm³/mol. The van der Waals surface area contributed by atoms with Crippen LogP contribution in [-0.2, 0) is 9.47 Å². The number of esters is 1. The van der Waals surface area contributed by atoms with Crippen molar-refractivity contribution in [3.63, 3.8) is 0 Å². The first-order chi connectivity index (χ1) is 18.7. The molecule has 12 heteroatoms. The molecule has 3 fully saturated rings. The Morgan fingerprint density at radius 2 is 1.92 bits per heavy atom. The molecule has 4 aromatic rings. The predicted octanol–water partition coefficient (Wildman–Crippen LogP) is 5.12. The van der Waals surface area contributed by atoms with Crippen LogP contribution in [0.1, 0.15) is 37.6 Å². The minimum atomic E-state index is -0.536. The van der Waals surface area contributed by atoms with Crippen molar-refractivity contribution < 1.29 is 28.2 Å². The number of piperidine rings is 1. The number of pyridine rings is 1. The fourth-order valence-electron chi connectivity index (χ4n) is 4.88. The molecule has 0 saturated carbocycles. The maximum Gasteiger partial charge on any atom is 0.410 e. The monoisotopic (exact) mass is 549 g/mol. The van der Waals surface area contributed by atoms with Gasteiger partial charge >= 0.3 is 12.1 Å². The third-order valence-corrected chi connectivity index (χ3v) is 7.37. The second-order valence-electron chi connectivity index (χ2n) is 10.5. The van der Waals surface area contributed by atoms with Gasteiger partial charge in [0.2, 0.25) is 5.88 Å². The number of fused-ring (bicyclic) bond motifs is 3. The van der Waals surface area contributed by atoms with E-state index in [1.54, 1.807) is 24.4 Å². The van der Waals surface area contributed by atoms with Gasteiger partial charge in [-0.05, 0) is 39.3 Å². The molecule has 3 aliphatic heterocycles. The molecule has 7 rings (SSSR count). The highest BCUT2D eigenvalue weighted by molar-refractivity contribution is 7.13. The van der Waals surface area contributed by atoms with E-state index < -0.39 is 11.6 Å². The summed E-state index contributed by atoms with van der Waals surface area (Å²) in [6.45, 7) is 6.83. The Morgan fingerprint density at radius 3 is 2.56 bits per heavy atom. The first kappa shape index (κ1) is 25.1. The maximum absolute atomic E-state index is 12.7. The van der Waals surface area contributed by atoms with E-state index in [1.807, 2.05) is 37.1 Å². The smallest absolute Gasteiger partial charge is 0.410 e. The van der Waals surface area contributed by atoms with Gasteiger partial charge < -0.3 is 23.5 Å². The number of rotatable bonds is 5.